The number of aryl methyl sites for hydroxylation is 1. The molecule has 3 fully saturated rings. The zero-order valence-corrected chi connectivity index (χ0v) is 18.8. The molecule has 1 aromatic rings. The third-order valence-electron chi connectivity index (χ3n) is 8.72. The lowest BCUT2D eigenvalue weighted by molar-refractivity contribution is -0.0773. The molecule has 5 heteroatoms. The Morgan fingerprint density at radius 3 is 2.45 bits per heavy atom. The maximum absolute atomic E-state index is 12.9. The lowest BCUT2D eigenvalue weighted by atomic mass is 9.52. The van der Waals surface area contributed by atoms with E-state index >= 15 is 0 Å². The molecule has 4 nitrogen and oxygen atoms in total. The van der Waals surface area contributed by atoms with Gasteiger partial charge in [-0.15, -0.1) is 0 Å². The standard InChI is InChI=1S/C24H36O4S/c1-4-17-7-10-20-19(21(17)15-25)13-14-24(3)22(20)11-12-23(24)28-29(26,27)18-8-5-16(2)6-9-18/h5-6,8-9,17,19-23,25H,4,7,10-15H2,1-3H3. The van der Waals surface area contributed by atoms with Crippen molar-refractivity contribution in [1.29, 1.82) is 0 Å². The summed E-state index contributed by atoms with van der Waals surface area (Å²) in [5, 5.41) is 10.1. The van der Waals surface area contributed by atoms with E-state index in [1.54, 1.807) is 12.1 Å². The molecule has 0 heterocycles. The Labute approximate surface area is 176 Å². The van der Waals surface area contributed by atoms with Gasteiger partial charge in [-0.3, -0.25) is 4.18 Å². The van der Waals surface area contributed by atoms with Crippen LogP contribution in [0.25, 0.3) is 0 Å². The molecule has 0 amide bonds. The summed E-state index contributed by atoms with van der Waals surface area (Å²) in [5.74, 6) is 2.75. The average molecular weight is 421 g/mol. The van der Waals surface area contributed by atoms with Crippen LogP contribution in [-0.4, -0.2) is 26.2 Å². The number of aliphatic hydroxyl groups is 1. The molecule has 0 aromatic heterocycles. The minimum atomic E-state index is -3.75. The zero-order chi connectivity index (χ0) is 20.8. The van der Waals surface area contributed by atoms with Crippen molar-refractivity contribution in [3.05, 3.63) is 29.8 Å². The highest BCUT2D eigenvalue weighted by Gasteiger charge is 2.57. The number of fused-ring (bicyclic) bond motifs is 3. The van der Waals surface area contributed by atoms with E-state index < -0.39 is 10.1 Å². The van der Waals surface area contributed by atoms with Crippen molar-refractivity contribution in [3.8, 4) is 0 Å². The van der Waals surface area contributed by atoms with Crippen LogP contribution in [0.15, 0.2) is 29.2 Å². The molecule has 29 heavy (non-hydrogen) atoms. The Bertz CT molecular complexity index is 818. The highest BCUT2D eigenvalue weighted by atomic mass is 32.2. The van der Waals surface area contributed by atoms with Gasteiger partial charge in [0.2, 0.25) is 0 Å². The summed E-state index contributed by atoms with van der Waals surface area (Å²) in [6.45, 7) is 6.75. The second-order valence-electron chi connectivity index (χ2n) is 10.0. The van der Waals surface area contributed by atoms with Crippen LogP contribution in [0.1, 0.15) is 64.4 Å². The van der Waals surface area contributed by atoms with Crippen molar-refractivity contribution in [2.45, 2.75) is 76.7 Å². The molecule has 1 aromatic carbocycles. The van der Waals surface area contributed by atoms with Crippen molar-refractivity contribution >= 4 is 10.1 Å². The minimum absolute atomic E-state index is 0.0853. The van der Waals surface area contributed by atoms with E-state index in [-0.39, 0.29) is 16.4 Å². The Morgan fingerprint density at radius 2 is 1.79 bits per heavy atom. The minimum Gasteiger partial charge on any atom is -0.396 e. The van der Waals surface area contributed by atoms with Gasteiger partial charge in [-0.25, -0.2) is 0 Å². The van der Waals surface area contributed by atoms with Crippen molar-refractivity contribution < 1.29 is 17.7 Å². The molecule has 162 valence electrons. The summed E-state index contributed by atoms with van der Waals surface area (Å²) in [4.78, 5) is 0.257. The molecule has 0 radical (unpaired) electrons. The largest absolute Gasteiger partial charge is 0.396 e. The molecular formula is C24H36O4S. The maximum Gasteiger partial charge on any atom is 0.297 e. The Balaban J connectivity index is 1.53. The molecule has 4 rings (SSSR count). The third-order valence-corrected chi connectivity index (χ3v) is 10.1. The normalized spacial score (nSPS) is 39.7. The summed E-state index contributed by atoms with van der Waals surface area (Å²) in [6.07, 6.45) is 7.27. The summed E-state index contributed by atoms with van der Waals surface area (Å²) < 4.78 is 31.7. The predicted octanol–water partition coefficient (Wildman–Crippen LogP) is 4.94. The van der Waals surface area contributed by atoms with Crippen LogP contribution in [0.2, 0.25) is 0 Å². The third kappa shape index (κ3) is 3.68. The topological polar surface area (TPSA) is 63.6 Å². The molecular weight excluding hydrogens is 384 g/mol. The fourth-order valence-electron chi connectivity index (χ4n) is 7.05. The molecule has 0 spiro atoms. The van der Waals surface area contributed by atoms with E-state index in [1.165, 1.54) is 12.8 Å². The Morgan fingerprint density at radius 1 is 1.07 bits per heavy atom. The predicted molar refractivity (Wildman–Crippen MR) is 114 cm³/mol. The lowest BCUT2D eigenvalue weighted by Crippen LogP contribution is -2.49. The van der Waals surface area contributed by atoms with Crippen LogP contribution in [0, 0.1) is 41.9 Å². The van der Waals surface area contributed by atoms with Crippen LogP contribution in [0.5, 0.6) is 0 Å². The summed E-state index contributed by atoms with van der Waals surface area (Å²) in [6, 6.07) is 6.94. The zero-order valence-electron chi connectivity index (χ0n) is 18.0. The van der Waals surface area contributed by atoms with E-state index in [4.69, 9.17) is 4.18 Å². The van der Waals surface area contributed by atoms with Crippen molar-refractivity contribution in [2.24, 2.45) is 35.0 Å². The highest BCUT2D eigenvalue weighted by Crippen LogP contribution is 2.62. The molecule has 0 aliphatic heterocycles. The molecule has 7 atom stereocenters. The van der Waals surface area contributed by atoms with Crippen LogP contribution in [0.4, 0.5) is 0 Å². The number of hydrogen-bond donors (Lipinski definition) is 1. The van der Waals surface area contributed by atoms with Crippen LogP contribution >= 0.6 is 0 Å². The van der Waals surface area contributed by atoms with Gasteiger partial charge >= 0.3 is 0 Å². The number of benzene rings is 1. The van der Waals surface area contributed by atoms with Gasteiger partial charge in [0, 0.05) is 6.61 Å². The smallest absolute Gasteiger partial charge is 0.297 e. The summed E-state index contributed by atoms with van der Waals surface area (Å²) in [5.41, 5.74) is 0.953. The Hall–Kier alpha value is -0.910. The molecule has 3 saturated carbocycles. The maximum atomic E-state index is 12.9. The molecule has 1 N–H and O–H groups in total. The number of rotatable bonds is 5. The van der Waals surface area contributed by atoms with E-state index in [0.29, 0.717) is 36.2 Å². The van der Waals surface area contributed by atoms with Crippen LogP contribution in [0.3, 0.4) is 0 Å². The Kier molecular flexibility index (Phi) is 5.86. The van der Waals surface area contributed by atoms with E-state index in [2.05, 4.69) is 13.8 Å². The van der Waals surface area contributed by atoms with Crippen LogP contribution in [-0.2, 0) is 14.3 Å². The van der Waals surface area contributed by atoms with Crippen molar-refractivity contribution in [2.75, 3.05) is 6.61 Å². The van der Waals surface area contributed by atoms with Gasteiger partial charge in [-0.1, -0.05) is 38.0 Å². The second kappa shape index (κ2) is 7.97. The van der Waals surface area contributed by atoms with Gasteiger partial charge in [0.05, 0.1) is 11.0 Å². The highest BCUT2D eigenvalue weighted by molar-refractivity contribution is 7.86. The lowest BCUT2D eigenvalue weighted by Gasteiger charge is -2.54. The van der Waals surface area contributed by atoms with Crippen molar-refractivity contribution in [3.63, 3.8) is 0 Å². The first-order valence-electron chi connectivity index (χ1n) is 11.4. The fourth-order valence-corrected chi connectivity index (χ4v) is 8.25. The van der Waals surface area contributed by atoms with Gasteiger partial charge in [0.1, 0.15) is 0 Å². The number of hydrogen-bond acceptors (Lipinski definition) is 4. The van der Waals surface area contributed by atoms with Crippen molar-refractivity contribution in [1.82, 2.24) is 0 Å². The van der Waals surface area contributed by atoms with E-state index in [1.807, 2.05) is 19.1 Å². The average Bonchev–Trinajstić information content (AvgIpc) is 3.03. The molecule has 0 saturated heterocycles. The first kappa shape index (κ1) is 21.3. The molecule has 0 bridgehead atoms. The fraction of sp³-hybridized carbons (Fsp3) is 0.750. The van der Waals surface area contributed by atoms with E-state index in [0.717, 1.165) is 37.7 Å². The van der Waals surface area contributed by atoms with Gasteiger partial charge < -0.3 is 5.11 Å². The molecule has 3 aliphatic rings. The first-order chi connectivity index (χ1) is 13.8. The van der Waals surface area contributed by atoms with Gasteiger partial charge in [-0.05, 0) is 92.6 Å². The quantitative estimate of drug-likeness (QED) is 0.685. The first-order valence-corrected chi connectivity index (χ1v) is 12.8. The molecule has 7 unspecified atom stereocenters. The monoisotopic (exact) mass is 420 g/mol. The summed E-state index contributed by atoms with van der Waals surface area (Å²) in [7, 11) is -3.75. The van der Waals surface area contributed by atoms with E-state index in [9.17, 15) is 13.5 Å². The number of aliphatic hydroxyl groups excluding tert-OH is 1. The van der Waals surface area contributed by atoms with Crippen LogP contribution < -0.4 is 0 Å². The van der Waals surface area contributed by atoms with Gasteiger partial charge in [0.15, 0.2) is 0 Å². The van der Waals surface area contributed by atoms with Gasteiger partial charge in [-0.2, -0.15) is 8.42 Å². The second-order valence-corrected chi connectivity index (χ2v) is 11.6. The van der Waals surface area contributed by atoms with Gasteiger partial charge in [0.25, 0.3) is 10.1 Å². The molecule has 3 aliphatic carbocycles. The SMILES string of the molecule is CCC1CCC2C(CCC3(C)C(OS(=O)(=O)c4ccc(C)cc4)CCC23)C1CO. The summed E-state index contributed by atoms with van der Waals surface area (Å²) >= 11 is 0.